The highest BCUT2D eigenvalue weighted by molar-refractivity contribution is 8.13. The summed E-state index contributed by atoms with van der Waals surface area (Å²) in [5.74, 6) is 0. The van der Waals surface area contributed by atoms with Crippen molar-refractivity contribution in [3.05, 3.63) is 59.7 Å². The van der Waals surface area contributed by atoms with Gasteiger partial charge >= 0.3 is 0 Å². The van der Waals surface area contributed by atoms with Crippen LogP contribution in [0.3, 0.4) is 0 Å². The quantitative estimate of drug-likeness (QED) is 0.676. The van der Waals surface area contributed by atoms with Crippen LogP contribution < -0.4 is 5.73 Å². The summed E-state index contributed by atoms with van der Waals surface area (Å²) in [7, 11) is 0. The van der Waals surface area contributed by atoms with Gasteiger partial charge in [-0.3, -0.25) is 4.79 Å². The van der Waals surface area contributed by atoms with Gasteiger partial charge in [0.05, 0.1) is 0 Å². The summed E-state index contributed by atoms with van der Waals surface area (Å²) < 4.78 is 0. The van der Waals surface area contributed by atoms with Crippen LogP contribution in [0.2, 0.25) is 0 Å². The zero-order valence-electron chi connectivity index (χ0n) is 10.2. The summed E-state index contributed by atoms with van der Waals surface area (Å²) in [6.07, 6.45) is 0.429. The third-order valence-electron chi connectivity index (χ3n) is 2.58. The maximum Gasteiger partial charge on any atom is 0.198 e. The molecule has 0 saturated heterocycles. The highest BCUT2D eigenvalue weighted by atomic mass is 32.2. The lowest BCUT2D eigenvalue weighted by Crippen LogP contribution is -1.97. The Bertz CT molecular complexity index is 482. The molecule has 0 aliphatic heterocycles. The molecule has 0 atom stereocenters. The summed E-state index contributed by atoms with van der Waals surface area (Å²) in [5, 5.41) is 0.142. The van der Waals surface area contributed by atoms with Crippen LogP contribution in [-0.4, -0.2) is 5.12 Å². The molecule has 18 heavy (non-hydrogen) atoms. The van der Waals surface area contributed by atoms with E-state index in [0.717, 1.165) is 16.1 Å². The minimum atomic E-state index is 0.142. The fourth-order valence-corrected chi connectivity index (χ4v) is 2.35. The van der Waals surface area contributed by atoms with Crippen molar-refractivity contribution in [3.8, 4) is 0 Å². The van der Waals surface area contributed by atoms with Crippen LogP contribution in [0.25, 0.3) is 0 Å². The van der Waals surface area contributed by atoms with Gasteiger partial charge in [-0.2, -0.15) is 0 Å². The van der Waals surface area contributed by atoms with Gasteiger partial charge in [0.2, 0.25) is 0 Å². The number of benzene rings is 2. The van der Waals surface area contributed by atoms with Crippen molar-refractivity contribution in [3.63, 3.8) is 0 Å². The Morgan fingerprint density at radius 3 is 2.28 bits per heavy atom. The minimum Gasteiger partial charge on any atom is -0.399 e. The van der Waals surface area contributed by atoms with Crippen LogP contribution in [0.4, 0.5) is 5.69 Å². The minimum absolute atomic E-state index is 0.142. The Morgan fingerprint density at radius 1 is 1.06 bits per heavy atom. The Hall–Kier alpha value is -1.74. The van der Waals surface area contributed by atoms with Crippen molar-refractivity contribution in [2.75, 3.05) is 5.73 Å². The Labute approximate surface area is 111 Å². The molecule has 0 unspecified atom stereocenters. The van der Waals surface area contributed by atoms with Crippen LogP contribution in [-0.2, 0) is 11.2 Å². The van der Waals surface area contributed by atoms with Gasteiger partial charge in [0, 0.05) is 17.0 Å². The number of hydrogen-bond donors (Lipinski definition) is 1. The average Bonchev–Trinajstić information content (AvgIpc) is 2.35. The number of carbonyl (C=O) groups is 1. The lowest BCUT2D eigenvalue weighted by atomic mass is 10.1. The topological polar surface area (TPSA) is 43.1 Å². The Balaban J connectivity index is 1.96. The van der Waals surface area contributed by atoms with Crippen molar-refractivity contribution in [2.45, 2.75) is 18.2 Å². The number of aryl methyl sites for hydroxylation is 1. The second-order valence-electron chi connectivity index (χ2n) is 4.21. The smallest absolute Gasteiger partial charge is 0.198 e. The maximum absolute atomic E-state index is 11.9. The van der Waals surface area contributed by atoms with Crippen molar-refractivity contribution >= 4 is 22.6 Å². The van der Waals surface area contributed by atoms with Crippen molar-refractivity contribution in [1.29, 1.82) is 0 Å². The zero-order chi connectivity index (χ0) is 13.0. The fourth-order valence-electron chi connectivity index (χ4n) is 1.58. The third kappa shape index (κ3) is 3.64. The molecule has 0 aliphatic rings. The number of anilines is 1. The number of hydrogen-bond acceptors (Lipinski definition) is 3. The Morgan fingerprint density at radius 2 is 1.67 bits per heavy atom. The van der Waals surface area contributed by atoms with Crippen LogP contribution >= 0.6 is 11.8 Å². The van der Waals surface area contributed by atoms with Gasteiger partial charge in [-0.1, -0.05) is 41.6 Å². The van der Waals surface area contributed by atoms with Gasteiger partial charge in [-0.25, -0.2) is 0 Å². The molecule has 0 fully saturated rings. The lowest BCUT2D eigenvalue weighted by Gasteiger charge is -2.02. The first-order chi connectivity index (χ1) is 8.63. The van der Waals surface area contributed by atoms with Crippen molar-refractivity contribution in [2.24, 2.45) is 0 Å². The number of rotatable bonds is 3. The van der Waals surface area contributed by atoms with Crippen LogP contribution in [0.1, 0.15) is 11.1 Å². The first-order valence-corrected chi connectivity index (χ1v) is 6.57. The van der Waals surface area contributed by atoms with Gasteiger partial charge in [0.1, 0.15) is 0 Å². The molecule has 92 valence electrons. The molecule has 2 N–H and O–H groups in total. The molecule has 0 radical (unpaired) electrons. The van der Waals surface area contributed by atoms with Crippen LogP contribution in [0, 0.1) is 6.92 Å². The summed E-state index contributed by atoms with van der Waals surface area (Å²) in [6.45, 7) is 2.03. The van der Waals surface area contributed by atoms with E-state index in [0.29, 0.717) is 6.42 Å². The maximum atomic E-state index is 11.9. The molecule has 0 amide bonds. The molecule has 2 aromatic carbocycles. The van der Waals surface area contributed by atoms with Crippen molar-refractivity contribution < 1.29 is 4.79 Å². The Kier molecular flexibility index (Phi) is 4.05. The van der Waals surface area contributed by atoms with Gasteiger partial charge in [0.25, 0.3) is 0 Å². The standard InChI is InChI=1S/C15H15NOS/c1-11-2-8-14(9-3-11)18-15(17)10-12-4-6-13(16)7-5-12/h2-9H,10,16H2,1H3. The first-order valence-electron chi connectivity index (χ1n) is 5.75. The predicted molar refractivity (Wildman–Crippen MR) is 76.6 cm³/mol. The number of thioether (sulfide) groups is 1. The van der Waals surface area contributed by atoms with E-state index in [1.807, 2.05) is 55.5 Å². The van der Waals surface area contributed by atoms with Gasteiger partial charge < -0.3 is 5.73 Å². The molecule has 2 nitrogen and oxygen atoms in total. The molecular weight excluding hydrogens is 242 g/mol. The van der Waals surface area contributed by atoms with Crippen LogP contribution in [0.15, 0.2) is 53.4 Å². The normalized spacial score (nSPS) is 10.3. The molecular formula is C15H15NOS. The highest BCUT2D eigenvalue weighted by Gasteiger charge is 2.06. The first kappa shape index (κ1) is 12.7. The van der Waals surface area contributed by atoms with E-state index in [2.05, 4.69) is 0 Å². The average molecular weight is 257 g/mol. The van der Waals surface area contributed by atoms with E-state index in [1.165, 1.54) is 17.3 Å². The van der Waals surface area contributed by atoms with Crippen molar-refractivity contribution in [1.82, 2.24) is 0 Å². The molecule has 3 heteroatoms. The van der Waals surface area contributed by atoms with Gasteiger partial charge in [0.15, 0.2) is 5.12 Å². The molecule has 0 saturated carbocycles. The van der Waals surface area contributed by atoms with E-state index in [-0.39, 0.29) is 5.12 Å². The molecule has 2 rings (SSSR count). The SMILES string of the molecule is Cc1ccc(SC(=O)Cc2ccc(N)cc2)cc1. The fraction of sp³-hybridized carbons (Fsp3) is 0.133. The number of carbonyl (C=O) groups excluding carboxylic acids is 1. The van der Waals surface area contributed by atoms with E-state index >= 15 is 0 Å². The summed E-state index contributed by atoms with van der Waals surface area (Å²) in [6, 6.07) is 15.4. The van der Waals surface area contributed by atoms with E-state index in [1.54, 1.807) is 0 Å². The number of nitrogen functional groups attached to an aromatic ring is 1. The molecule has 0 aromatic heterocycles. The van der Waals surface area contributed by atoms with E-state index < -0.39 is 0 Å². The monoisotopic (exact) mass is 257 g/mol. The van der Waals surface area contributed by atoms with E-state index in [4.69, 9.17) is 5.73 Å². The predicted octanol–water partition coefficient (Wildman–Crippen LogP) is 3.44. The molecule has 0 aliphatic carbocycles. The molecule has 0 bridgehead atoms. The molecule has 2 aromatic rings. The second-order valence-corrected chi connectivity index (χ2v) is 5.34. The third-order valence-corrected chi connectivity index (χ3v) is 3.46. The lowest BCUT2D eigenvalue weighted by molar-refractivity contribution is -0.110. The summed E-state index contributed by atoms with van der Waals surface area (Å²) in [5.41, 5.74) is 8.52. The summed E-state index contributed by atoms with van der Waals surface area (Å²) >= 11 is 1.28. The highest BCUT2D eigenvalue weighted by Crippen LogP contribution is 2.21. The molecule has 0 spiro atoms. The largest absolute Gasteiger partial charge is 0.399 e. The van der Waals surface area contributed by atoms with E-state index in [9.17, 15) is 4.79 Å². The summed E-state index contributed by atoms with van der Waals surface area (Å²) in [4.78, 5) is 12.9. The second kappa shape index (κ2) is 5.74. The van der Waals surface area contributed by atoms with Crippen LogP contribution in [0.5, 0.6) is 0 Å². The zero-order valence-corrected chi connectivity index (χ0v) is 11.0. The van der Waals surface area contributed by atoms with Gasteiger partial charge in [-0.05, 0) is 36.8 Å². The van der Waals surface area contributed by atoms with Gasteiger partial charge in [-0.15, -0.1) is 0 Å². The molecule has 0 heterocycles. The number of nitrogens with two attached hydrogens (primary N) is 1.